The van der Waals surface area contributed by atoms with Crippen LogP contribution in [0.5, 0.6) is 0 Å². The molecule has 1 fully saturated rings. The summed E-state index contributed by atoms with van der Waals surface area (Å²) in [4.78, 5) is 31.0. The Bertz CT molecular complexity index is 800. The molecule has 1 saturated heterocycles. The summed E-state index contributed by atoms with van der Waals surface area (Å²) in [6.45, 7) is 3.65. The van der Waals surface area contributed by atoms with Gasteiger partial charge in [-0.3, -0.25) is 14.2 Å². The molecule has 1 unspecified atom stereocenters. The molecule has 0 radical (unpaired) electrons. The fourth-order valence-corrected chi connectivity index (χ4v) is 3.27. The Balaban J connectivity index is 1.84. The lowest BCUT2D eigenvalue weighted by Crippen LogP contribution is -2.47. The third-order valence-electron chi connectivity index (χ3n) is 4.02. The van der Waals surface area contributed by atoms with Gasteiger partial charge in [0.05, 0.1) is 12.7 Å². The minimum absolute atomic E-state index is 0.0282. The van der Waals surface area contributed by atoms with Gasteiger partial charge in [0.1, 0.15) is 22.9 Å². The zero-order valence-electron chi connectivity index (χ0n) is 13.0. The standard InChI is InChI=1S/C14H18BrN5O3/c1-3-9-6-19(4-5-23-9)10(21)7-20-8-16-13-11(14(20)22)12(15)17-18(13)2/h8-9H,3-7H2,1-2H3. The smallest absolute Gasteiger partial charge is 0.266 e. The highest BCUT2D eigenvalue weighted by molar-refractivity contribution is 9.10. The lowest BCUT2D eigenvalue weighted by atomic mass is 10.2. The summed E-state index contributed by atoms with van der Waals surface area (Å²) in [5.41, 5.74) is 0.214. The van der Waals surface area contributed by atoms with Crippen molar-refractivity contribution >= 4 is 32.9 Å². The minimum atomic E-state index is -0.274. The van der Waals surface area contributed by atoms with Crippen LogP contribution in [0, 0.1) is 0 Å². The van der Waals surface area contributed by atoms with Crippen LogP contribution in [0.1, 0.15) is 13.3 Å². The molecule has 2 aromatic heterocycles. The Morgan fingerprint density at radius 2 is 2.30 bits per heavy atom. The van der Waals surface area contributed by atoms with Crippen molar-refractivity contribution in [2.45, 2.75) is 26.0 Å². The number of morpholine rings is 1. The second kappa shape index (κ2) is 6.40. The largest absolute Gasteiger partial charge is 0.375 e. The number of aryl methyl sites for hydroxylation is 1. The number of halogens is 1. The van der Waals surface area contributed by atoms with E-state index in [0.29, 0.717) is 35.3 Å². The summed E-state index contributed by atoms with van der Waals surface area (Å²) in [6.07, 6.45) is 2.33. The zero-order valence-corrected chi connectivity index (χ0v) is 14.6. The molecule has 0 saturated carbocycles. The zero-order chi connectivity index (χ0) is 16.6. The van der Waals surface area contributed by atoms with Crippen LogP contribution < -0.4 is 5.56 Å². The number of hydrogen-bond acceptors (Lipinski definition) is 5. The highest BCUT2D eigenvalue weighted by Gasteiger charge is 2.24. The highest BCUT2D eigenvalue weighted by Crippen LogP contribution is 2.16. The van der Waals surface area contributed by atoms with Crippen LogP contribution in [0.2, 0.25) is 0 Å². The van der Waals surface area contributed by atoms with Crippen molar-refractivity contribution in [2.75, 3.05) is 19.7 Å². The number of rotatable bonds is 3. The van der Waals surface area contributed by atoms with E-state index in [1.165, 1.54) is 15.6 Å². The summed E-state index contributed by atoms with van der Waals surface area (Å²) >= 11 is 3.27. The molecule has 0 aromatic carbocycles. The van der Waals surface area contributed by atoms with Gasteiger partial charge in [0.25, 0.3) is 5.56 Å². The molecule has 8 nitrogen and oxygen atoms in total. The van der Waals surface area contributed by atoms with Gasteiger partial charge in [-0.1, -0.05) is 6.92 Å². The first-order valence-corrected chi connectivity index (χ1v) is 8.27. The summed E-state index contributed by atoms with van der Waals surface area (Å²) in [5.74, 6) is -0.102. The summed E-state index contributed by atoms with van der Waals surface area (Å²) in [6, 6.07) is 0. The van der Waals surface area contributed by atoms with Gasteiger partial charge in [-0.15, -0.1) is 0 Å². The maximum atomic E-state index is 12.5. The number of fused-ring (bicyclic) bond motifs is 1. The summed E-state index contributed by atoms with van der Waals surface area (Å²) in [7, 11) is 1.72. The van der Waals surface area contributed by atoms with Gasteiger partial charge in [-0.25, -0.2) is 9.67 Å². The molecule has 1 aliphatic rings. The molecule has 0 spiro atoms. The maximum absolute atomic E-state index is 12.5. The van der Waals surface area contributed by atoms with Gasteiger partial charge in [-0.05, 0) is 22.4 Å². The van der Waals surface area contributed by atoms with Gasteiger partial charge in [0, 0.05) is 20.1 Å². The lowest BCUT2D eigenvalue weighted by molar-refractivity contribution is -0.139. The van der Waals surface area contributed by atoms with Crippen LogP contribution in [-0.4, -0.2) is 55.9 Å². The lowest BCUT2D eigenvalue weighted by Gasteiger charge is -2.32. The van der Waals surface area contributed by atoms with Crippen molar-refractivity contribution in [1.29, 1.82) is 0 Å². The predicted octanol–water partition coefficient (Wildman–Crippen LogP) is 0.530. The number of ether oxygens (including phenoxy) is 1. The van der Waals surface area contributed by atoms with Crippen LogP contribution in [0.25, 0.3) is 11.0 Å². The van der Waals surface area contributed by atoms with E-state index < -0.39 is 0 Å². The van der Waals surface area contributed by atoms with E-state index in [9.17, 15) is 9.59 Å². The molecule has 23 heavy (non-hydrogen) atoms. The van der Waals surface area contributed by atoms with Crippen molar-refractivity contribution < 1.29 is 9.53 Å². The van der Waals surface area contributed by atoms with Crippen LogP contribution in [0.15, 0.2) is 15.7 Å². The Morgan fingerprint density at radius 3 is 3.04 bits per heavy atom. The Morgan fingerprint density at radius 1 is 1.52 bits per heavy atom. The van der Waals surface area contributed by atoms with E-state index in [2.05, 4.69) is 26.0 Å². The number of amides is 1. The molecular weight excluding hydrogens is 366 g/mol. The van der Waals surface area contributed by atoms with Crippen molar-refractivity contribution in [3.8, 4) is 0 Å². The average Bonchev–Trinajstić information content (AvgIpc) is 2.84. The van der Waals surface area contributed by atoms with Gasteiger partial charge in [-0.2, -0.15) is 5.10 Å². The SMILES string of the molecule is CCC1CN(C(=O)Cn2cnc3c(c(Br)nn3C)c2=O)CCO1. The van der Waals surface area contributed by atoms with Crippen molar-refractivity contribution in [3.63, 3.8) is 0 Å². The van der Waals surface area contributed by atoms with Crippen molar-refractivity contribution in [3.05, 3.63) is 21.3 Å². The number of nitrogens with zero attached hydrogens (tertiary/aromatic N) is 5. The first-order chi connectivity index (χ1) is 11.0. The molecule has 3 rings (SSSR count). The van der Waals surface area contributed by atoms with E-state index in [4.69, 9.17) is 4.74 Å². The van der Waals surface area contributed by atoms with Crippen molar-refractivity contribution in [2.24, 2.45) is 7.05 Å². The fourth-order valence-electron chi connectivity index (χ4n) is 2.69. The first kappa shape index (κ1) is 16.1. The third kappa shape index (κ3) is 3.02. The van der Waals surface area contributed by atoms with Crippen LogP contribution in [-0.2, 0) is 23.1 Å². The maximum Gasteiger partial charge on any atom is 0.266 e. The van der Waals surface area contributed by atoms with Gasteiger partial charge >= 0.3 is 0 Å². The predicted molar refractivity (Wildman–Crippen MR) is 87.1 cm³/mol. The normalized spacial score (nSPS) is 18.6. The minimum Gasteiger partial charge on any atom is -0.375 e. The summed E-state index contributed by atoms with van der Waals surface area (Å²) in [5, 5.41) is 4.51. The van der Waals surface area contributed by atoms with E-state index >= 15 is 0 Å². The average molecular weight is 384 g/mol. The second-order valence-electron chi connectivity index (χ2n) is 5.53. The molecule has 1 aliphatic heterocycles. The first-order valence-electron chi connectivity index (χ1n) is 7.48. The molecule has 1 atom stereocenters. The Labute approximate surface area is 141 Å². The Hall–Kier alpha value is -1.74. The number of carbonyl (C=O) groups excluding carboxylic acids is 1. The number of hydrogen-bond donors (Lipinski definition) is 0. The van der Waals surface area contributed by atoms with E-state index in [-0.39, 0.29) is 24.1 Å². The quantitative estimate of drug-likeness (QED) is 0.771. The van der Waals surface area contributed by atoms with E-state index in [1.54, 1.807) is 11.9 Å². The molecule has 0 aliphatic carbocycles. The molecule has 0 N–H and O–H groups in total. The Kier molecular flexibility index (Phi) is 4.49. The van der Waals surface area contributed by atoms with Crippen LogP contribution >= 0.6 is 15.9 Å². The summed E-state index contributed by atoms with van der Waals surface area (Å²) < 4.78 is 8.86. The number of carbonyl (C=O) groups is 1. The molecule has 3 heterocycles. The monoisotopic (exact) mass is 383 g/mol. The van der Waals surface area contributed by atoms with E-state index in [0.717, 1.165) is 6.42 Å². The van der Waals surface area contributed by atoms with Crippen LogP contribution in [0.3, 0.4) is 0 Å². The van der Waals surface area contributed by atoms with E-state index in [1.807, 2.05) is 6.92 Å². The molecule has 1 amide bonds. The topological polar surface area (TPSA) is 82.3 Å². The fraction of sp³-hybridized carbons (Fsp3) is 0.571. The van der Waals surface area contributed by atoms with Crippen molar-refractivity contribution in [1.82, 2.24) is 24.2 Å². The second-order valence-corrected chi connectivity index (χ2v) is 6.28. The molecule has 2 aromatic rings. The molecule has 0 bridgehead atoms. The third-order valence-corrected chi connectivity index (χ3v) is 4.58. The number of aromatic nitrogens is 4. The van der Waals surface area contributed by atoms with Gasteiger partial charge < -0.3 is 9.64 Å². The van der Waals surface area contributed by atoms with Gasteiger partial charge in [0.15, 0.2) is 5.65 Å². The van der Waals surface area contributed by atoms with Gasteiger partial charge in [0.2, 0.25) is 5.91 Å². The van der Waals surface area contributed by atoms with Crippen LogP contribution in [0.4, 0.5) is 0 Å². The molecule has 124 valence electrons. The molecule has 9 heteroatoms. The highest BCUT2D eigenvalue weighted by atomic mass is 79.9. The molecular formula is C14H18BrN5O3.